The molecule has 0 radical (unpaired) electrons. The van der Waals surface area contributed by atoms with Gasteiger partial charge in [0.05, 0.1) is 25.8 Å². The second kappa shape index (κ2) is 7.40. The highest BCUT2D eigenvalue weighted by molar-refractivity contribution is 9.10. The lowest BCUT2D eigenvalue weighted by Gasteiger charge is -2.16. The van der Waals surface area contributed by atoms with Gasteiger partial charge in [-0.05, 0) is 35.1 Å². The summed E-state index contributed by atoms with van der Waals surface area (Å²) in [6, 6.07) is 5.84. The number of ether oxygens (including phenoxy) is 3. The Hall–Kier alpha value is -2.17. The van der Waals surface area contributed by atoms with E-state index in [0.717, 1.165) is 16.8 Å². The minimum Gasteiger partial charge on any atom is -0.493 e. The first-order chi connectivity index (χ1) is 11.1. The van der Waals surface area contributed by atoms with Crippen LogP contribution in [0.1, 0.15) is 11.4 Å². The molecule has 2 aromatic rings. The summed E-state index contributed by atoms with van der Waals surface area (Å²) < 4.78 is 17.0. The molecule has 0 saturated heterocycles. The van der Waals surface area contributed by atoms with Gasteiger partial charge in [0.15, 0.2) is 11.5 Å². The van der Waals surface area contributed by atoms with Crippen LogP contribution >= 0.6 is 15.9 Å². The van der Waals surface area contributed by atoms with Crippen molar-refractivity contribution in [1.29, 1.82) is 5.26 Å². The SMILES string of the molecule is CNCc1[nH]c(C#N)c(Br)c1-c1ccc(OC)c(OC)c1OC. The predicted octanol–water partition coefficient (Wildman–Crippen LogP) is 3.06. The van der Waals surface area contributed by atoms with Gasteiger partial charge >= 0.3 is 0 Å². The molecule has 0 spiro atoms. The van der Waals surface area contributed by atoms with E-state index in [9.17, 15) is 5.26 Å². The molecule has 7 heteroatoms. The fourth-order valence-corrected chi connectivity index (χ4v) is 3.13. The van der Waals surface area contributed by atoms with Crippen molar-refractivity contribution < 1.29 is 14.2 Å². The quantitative estimate of drug-likeness (QED) is 0.805. The summed E-state index contributed by atoms with van der Waals surface area (Å²) in [6.07, 6.45) is 0. The molecule has 0 unspecified atom stereocenters. The number of H-pyrrole nitrogens is 1. The average molecular weight is 380 g/mol. The summed E-state index contributed by atoms with van der Waals surface area (Å²) in [4.78, 5) is 3.12. The van der Waals surface area contributed by atoms with Crippen LogP contribution in [0.25, 0.3) is 11.1 Å². The van der Waals surface area contributed by atoms with Crippen molar-refractivity contribution in [3.8, 4) is 34.4 Å². The zero-order valence-corrected chi connectivity index (χ0v) is 15.0. The number of methoxy groups -OCH3 is 3. The maximum absolute atomic E-state index is 9.27. The molecule has 0 aliphatic heterocycles. The number of benzene rings is 1. The lowest BCUT2D eigenvalue weighted by molar-refractivity contribution is 0.325. The third-order valence-electron chi connectivity index (χ3n) is 3.46. The summed E-state index contributed by atoms with van der Waals surface area (Å²) >= 11 is 3.51. The van der Waals surface area contributed by atoms with Crippen molar-refractivity contribution in [3.63, 3.8) is 0 Å². The molecule has 23 heavy (non-hydrogen) atoms. The van der Waals surface area contributed by atoms with E-state index in [1.165, 1.54) is 0 Å². The molecule has 1 heterocycles. The first-order valence-electron chi connectivity index (χ1n) is 6.87. The number of halogens is 1. The van der Waals surface area contributed by atoms with Gasteiger partial charge in [0.25, 0.3) is 0 Å². The van der Waals surface area contributed by atoms with E-state index in [2.05, 4.69) is 32.3 Å². The molecule has 2 N–H and O–H groups in total. The third-order valence-corrected chi connectivity index (χ3v) is 4.25. The van der Waals surface area contributed by atoms with E-state index in [0.29, 0.717) is 34.0 Å². The van der Waals surface area contributed by atoms with E-state index in [1.54, 1.807) is 21.3 Å². The zero-order valence-electron chi connectivity index (χ0n) is 13.4. The standard InChI is InChI=1S/C16H18BrN3O3/c1-19-8-11-13(14(17)10(7-18)20-11)9-5-6-12(21-2)16(23-4)15(9)22-3/h5-6,19-20H,8H2,1-4H3. The van der Waals surface area contributed by atoms with Crippen molar-refractivity contribution in [3.05, 3.63) is 28.0 Å². The molecule has 0 saturated carbocycles. The van der Waals surface area contributed by atoms with Crippen LogP contribution in [0, 0.1) is 11.3 Å². The second-order valence-corrected chi connectivity index (χ2v) is 5.48. The Morgan fingerprint density at radius 3 is 2.39 bits per heavy atom. The fraction of sp³-hybridized carbons (Fsp3) is 0.312. The second-order valence-electron chi connectivity index (χ2n) is 4.69. The Labute approximate surface area is 143 Å². The molecule has 0 atom stereocenters. The van der Waals surface area contributed by atoms with Gasteiger partial charge in [0.1, 0.15) is 11.8 Å². The third kappa shape index (κ3) is 3.00. The topological polar surface area (TPSA) is 79.3 Å². The fourth-order valence-electron chi connectivity index (χ4n) is 2.49. The van der Waals surface area contributed by atoms with Gasteiger partial charge in [0, 0.05) is 23.4 Å². The molecule has 0 aliphatic carbocycles. The van der Waals surface area contributed by atoms with Crippen LogP contribution in [0.3, 0.4) is 0 Å². The molecular formula is C16H18BrN3O3. The zero-order chi connectivity index (χ0) is 17.0. The summed E-state index contributed by atoms with van der Waals surface area (Å²) in [6.45, 7) is 0.577. The van der Waals surface area contributed by atoms with Crippen molar-refractivity contribution in [2.75, 3.05) is 28.4 Å². The lowest BCUT2D eigenvalue weighted by atomic mass is 10.0. The number of nitriles is 1. The summed E-state index contributed by atoms with van der Waals surface area (Å²) in [5.41, 5.74) is 3.00. The van der Waals surface area contributed by atoms with E-state index < -0.39 is 0 Å². The van der Waals surface area contributed by atoms with Gasteiger partial charge in [0.2, 0.25) is 5.75 Å². The largest absolute Gasteiger partial charge is 0.493 e. The number of aromatic amines is 1. The monoisotopic (exact) mass is 379 g/mol. The molecule has 6 nitrogen and oxygen atoms in total. The minimum absolute atomic E-state index is 0.460. The maximum Gasteiger partial charge on any atom is 0.203 e. The van der Waals surface area contributed by atoms with Gasteiger partial charge < -0.3 is 24.5 Å². The number of nitrogens with zero attached hydrogens (tertiary/aromatic N) is 1. The molecule has 1 aromatic heterocycles. The van der Waals surface area contributed by atoms with Crippen molar-refractivity contribution in [2.24, 2.45) is 0 Å². The number of hydrogen-bond acceptors (Lipinski definition) is 5. The Bertz CT molecular complexity index is 750. The first-order valence-corrected chi connectivity index (χ1v) is 7.66. The minimum atomic E-state index is 0.460. The number of nitrogens with one attached hydrogen (secondary N) is 2. The Kier molecular flexibility index (Phi) is 5.53. The smallest absolute Gasteiger partial charge is 0.203 e. The highest BCUT2D eigenvalue weighted by Gasteiger charge is 2.23. The maximum atomic E-state index is 9.27. The molecule has 0 aliphatic rings. The van der Waals surface area contributed by atoms with Gasteiger partial charge in [-0.15, -0.1) is 0 Å². The summed E-state index contributed by atoms with van der Waals surface area (Å²) in [5.74, 6) is 1.64. The predicted molar refractivity (Wildman–Crippen MR) is 91.1 cm³/mol. The van der Waals surface area contributed by atoms with Gasteiger partial charge in [-0.1, -0.05) is 0 Å². The van der Waals surface area contributed by atoms with E-state index in [-0.39, 0.29) is 0 Å². The lowest BCUT2D eigenvalue weighted by Crippen LogP contribution is -2.07. The van der Waals surface area contributed by atoms with Crippen LogP contribution in [0.4, 0.5) is 0 Å². The Morgan fingerprint density at radius 2 is 1.87 bits per heavy atom. The molecule has 0 fully saturated rings. The van der Waals surface area contributed by atoms with Crippen molar-refractivity contribution >= 4 is 15.9 Å². The summed E-state index contributed by atoms with van der Waals surface area (Å²) in [5, 5.41) is 12.4. The van der Waals surface area contributed by atoms with Crippen molar-refractivity contribution in [1.82, 2.24) is 10.3 Å². The molecule has 0 amide bonds. The molecular weight excluding hydrogens is 362 g/mol. The van der Waals surface area contributed by atoms with Gasteiger partial charge in [-0.2, -0.15) is 5.26 Å². The van der Waals surface area contributed by atoms with Crippen LogP contribution in [-0.2, 0) is 6.54 Å². The van der Waals surface area contributed by atoms with Gasteiger partial charge in [-0.3, -0.25) is 0 Å². The molecule has 2 rings (SSSR count). The van der Waals surface area contributed by atoms with Gasteiger partial charge in [-0.25, -0.2) is 0 Å². The molecule has 1 aromatic carbocycles. The number of rotatable bonds is 6. The average Bonchev–Trinajstić information content (AvgIpc) is 2.89. The molecule has 122 valence electrons. The van der Waals surface area contributed by atoms with Crippen molar-refractivity contribution in [2.45, 2.75) is 6.54 Å². The highest BCUT2D eigenvalue weighted by Crippen LogP contribution is 2.47. The first kappa shape index (κ1) is 17.2. The van der Waals surface area contributed by atoms with E-state index in [1.807, 2.05) is 19.2 Å². The Balaban J connectivity index is 2.76. The van der Waals surface area contributed by atoms with Crippen LogP contribution in [0.2, 0.25) is 0 Å². The van der Waals surface area contributed by atoms with Crippen LogP contribution in [0.15, 0.2) is 16.6 Å². The number of aromatic nitrogens is 1. The van der Waals surface area contributed by atoms with Crippen LogP contribution in [0.5, 0.6) is 17.2 Å². The Morgan fingerprint density at radius 1 is 1.17 bits per heavy atom. The van der Waals surface area contributed by atoms with E-state index >= 15 is 0 Å². The summed E-state index contributed by atoms with van der Waals surface area (Å²) in [7, 11) is 6.55. The van der Waals surface area contributed by atoms with E-state index in [4.69, 9.17) is 14.2 Å². The highest BCUT2D eigenvalue weighted by atomic mass is 79.9. The molecule has 0 bridgehead atoms. The van der Waals surface area contributed by atoms with Crippen LogP contribution < -0.4 is 19.5 Å². The van der Waals surface area contributed by atoms with Crippen LogP contribution in [-0.4, -0.2) is 33.4 Å². The number of hydrogen-bond donors (Lipinski definition) is 2. The normalized spacial score (nSPS) is 10.3.